The Morgan fingerprint density at radius 2 is 2.23 bits per heavy atom. The maximum absolute atomic E-state index is 11.8. The first-order chi connectivity index (χ1) is 10.2. The largest absolute Gasteiger partial charge is 0.444 e. The first-order valence-electron chi connectivity index (χ1n) is 7.82. The molecule has 2 atom stereocenters. The number of ether oxygens (including phenoxy) is 1. The zero-order chi connectivity index (χ0) is 16.3. The van der Waals surface area contributed by atoms with Gasteiger partial charge in [-0.25, -0.2) is 4.79 Å². The number of amides is 1. The number of alkyl carbamates (subject to hydrolysis) is 1. The molecule has 0 unspecified atom stereocenters. The number of hydrogen-bond acceptors (Lipinski definition) is 6. The third kappa shape index (κ3) is 4.61. The fraction of sp³-hybridized carbons (Fsp3) is 0.800. The molecule has 0 saturated carbocycles. The average molecular weight is 310 g/mol. The predicted molar refractivity (Wildman–Crippen MR) is 82.7 cm³/mol. The molecule has 1 amide bonds. The van der Waals surface area contributed by atoms with Crippen LogP contribution in [0.2, 0.25) is 0 Å². The van der Waals surface area contributed by atoms with Gasteiger partial charge >= 0.3 is 6.09 Å². The molecule has 7 heteroatoms. The molecule has 1 aliphatic rings. The Labute approximate surface area is 131 Å². The maximum Gasteiger partial charge on any atom is 0.408 e. The van der Waals surface area contributed by atoms with E-state index in [0.29, 0.717) is 17.8 Å². The van der Waals surface area contributed by atoms with Crippen LogP contribution in [0.4, 0.5) is 10.7 Å². The highest BCUT2D eigenvalue weighted by atomic mass is 16.6. The van der Waals surface area contributed by atoms with Crippen molar-refractivity contribution in [3.63, 3.8) is 0 Å². The van der Waals surface area contributed by atoms with Gasteiger partial charge in [0.1, 0.15) is 11.6 Å². The monoisotopic (exact) mass is 310 g/mol. The van der Waals surface area contributed by atoms with E-state index in [1.54, 1.807) is 6.92 Å². The van der Waals surface area contributed by atoms with Crippen molar-refractivity contribution >= 4 is 12.0 Å². The molecule has 7 nitrogen and oxygen atoms in total. The number of nitrogens with zero attached hydrogens (tertiary/aromatic N) is 3. The molecule has 2 rings (SSSR count). The fourth-order valence-corrected chi connectivity index (χ4v) is 2.45. The van der Waals surface area contributed by atoms with Gasteiger partial charge in [-0.05, 0) is 51.6 Å². The van der Waals surface area contributed by atoms with Crippen LogP contribution >= 0.6 is 0 Å². The summed E-state index contributed by atoms with van der Waals surface area (Å²) in [5.41, 5.74) is -0.534. The van der Waals surface area contributed by atoms with Gasteiger partial charge in [-0.3, -0.25) is 0 Å². The van der Waals surface area contributed by atoms with Crippen LogP contribution < -0.4 is 10.2 Å². The Morgan fingerprint density at radius 3 is 2.86 bits per heavy atom. The average Bonchev–Trinajstić information content (AvgIpc) is 2.85. The molecule has 2 heterocycles. The van der Waals surface area contributed by atoms with Gasteiger partial charge in [0, 0.05) is 13.1 Å². The lowest BCUT2D eigenvalue weighted by Gasteiger charge is -2.29. The number of aromatic nitrogens is 2. The topological polar surface area (TPSA) is 80.5 Å². The summed E-state index contributed by atoms with van der Waals surface area (Å²) in [5.74, 6) is 1.62. The maximum atomic E-state index is 11.8. The Bertz CT molecular complexity index is 509. The van der Waals surface area contributed by atoms with Gasteiger partial charge in [-0.2, -0.15) is 4.98 Å². The van der Waals surface area contributed by atoms with Gasteiger partial charge in [0.25, 0.3) is 11.8 Å². The standard InChI is InChI=1S/C15H26N4O3/c1-10-7-6-8-19(9-10)13-17-12(22-18-13)11(2)16-14(20)21-15(3,4)5/h10-11H,6-9H2,1-5H3,(H,16,20)/t10-,11+/m1/s1. The summed E-state index contributed by atoms with van der Waals surface area (Å²) in [5, 5.41) is 6.73. The lowest BCUT2D eigenvalue weighted by atomic mass is 10.0. The first-order valence-corrected chi connectivity index (χ1v) is 7.82. The van der Waals surface area contributed by atoms with Gasteiger partial charge in [-0.15, -0.1) is 0 Å². The molecule has 1 fully saturated rings. The summed E-state index contributed by atoms with van der Waals surface area (Å²) in [6, 6.07) is -0.390. The van der Waals surface area contributed by atoms with Crippen LogP contribution in [0.25, 0.3) is 0 Å². The summed E-state index contributed by atoms with van der Waals surface area (Å²) in [6.07, 6.45) is 1.88. The Hall–Kier alpha value is -1.79. The van der Waals surface area contributed by atoms with E-state index >= 15 is 0 Å². The van der Waals surface area contributed by atoms with Crippen molar-refractivity contribution in [3.05, 3.63) is 5.89 Å². The number of piperidine rings is 1. The van der Waals surface area contributed by atoms with Crippen molar-refractivity contribution in [2.45, 2.75) is 59.1 Å². The van der Waals surface area contributed by atoms with Gasteiger partial charge in [0.15, 0.2) is 0 Å². The van der Waals surface area contributed by atoms with Gasteiger partial charge in [0.2, 0.25) is 0 Å². The molecule has 1 aromatic heterocycles. The fourth-order valence-electron chi connectivity index (χ4n) is 2.45. The second-order valence-corrected chi connectivity index (χ2v) is 6.99. The lowest BCUT2D eigenvalue weighted by Crippen LogP contribution is -2.35. The minimum Gasteiger partial charge on any atom is -0.444 e. The SMILES string of the molecule is C[C@@H]1CCCN(c2noc([C@H](C)NC(=O)OC(C)(C)C)n2)C1. The van der Waals surface area contributed by atoms with E-state index in [9.17, 15) is 4.79 Å². The number of rotatable bonds is 3. The molecule has 1 aromatic rings. The molecule has 1 saturated heterocycles. The number of hydrogen-bond donors (Lipinski definition) is 1. The van der Waals surface area contributed by atoms with Crippen LogP contribution in [0.1, 0.15) is 59.4 Å². The zero-order valence-electron chi connectivity index (χ0n) is 14.0. The molecule has 0 aliphatic carbocycles. The molecule has 1 N–H and O–H groups in total. The van der Waals surface area contributed by atoms with Crippen LogP contribution in [-0.2, 0) is 4.74 Å². The predicted octanol–water partition coefficient (Wildman–Crippen LogP) is 2.89. The van der Waals surface area contributed by atoms with E-state index in [2.05, 4.69) is 27.3 Å². The van der Waals surface area contributed by atoms with E-state index in [4.69, 9.17) is 9.26 Å². The normalized spacial score (nSPS) is 20.6. The number of carbonyl (C=O) groups excluding carboxylic acids is 1. The van der Waals surface area contributed by atoms with Crippen molar-refractivity contribution in [2.24, 2.45) is 5.92 Å². The summed E-state index contributed by atoms with van der Waals surface area (Å²) < 4.78 is 10.5. The molecule has 124 valence electrons. The molecule has 0 bridgehead atoms. The molecule has 0 aromatic carbocycles. The Kier molecular flexibility index (Phi) is 4.93. The van der Waals surface area contributed by atoms with Crippen LogP contribution in [-0.4, -0.2) is 34.9 Å². The Morgan fingerprint density at radius 1 is 1.50 bits per heavy atom. The van der Waals surface area contributed by atoms with Gasteiger partial charge in [0.05, 0.1) is 0 Å². The van der Waals surface area contributed by atoms with Crippen molar-refractivity contribution in [3.8, 4) is 0 Å². The second kappa shape index (κ2) is 6.54. The van der Waals surface area contributed by atoms with Gasteiger partial charge in [-0.1, -0.05) is 6.92 Å². The summed E-state index contributed by atoms with van der Waals surface area (Å²) in [4.78, 5) is 18.3. The molecule has 0 radical (unpaired) electrons. The van der Waals surface area contributed by atoms with Gasteiger partial charge < -0.3 is 19.5 Å². The van der Waals surface area contributed by atoms with Crippen LogP contribution in [0.3, 0.4) is 0 Å². The summed E-state index contributed by atoms with van der Waals surface area (Å²) in [7, 11) is 0. The second-order valence-electron chi connectivity index (χ2n) is 6.99. The van der Waals surface area contributed by atoms with Crippen molar-refractivity contribution < 1.29 is 14.1 Å². The molecule has 22 heavy (non-hydrogen) atoms. The van der Waals surface area contributed by atoms with Crippen molar-refractivity contribution in [1.82, 2.24) is 15.5 Å². The quantitative estimate of drug-likeness (QED) is 0.924. The zero-order valence-corrected chi connectivity index (χ0v) is 14.0. The molecular formula is C15H26N4O3. The van der Waals surface area contributed by atoms with Crippen molar-refractivity contribution in [1.29, 1.82) is 0 Å². The van der Waals surface area contributed by atoms with E-state index in [-0.39, 0.29) is 0 Å². The highest BCUT2D eigenvalue weighted by Crippen LogP contribution is 2.22. The Balaban J connectivity index is 1.94. The highest BCUT2D eigenvalue weighted by molar-refractivity contribution is 5.68. The van der Waals surface area contributed by atoms with Crippen LogP contribution in [0, 0.1) is 5.92 Å². The molecule has 1 aliphatic heterocycles. The van der Waals surface area contributed by atoms with Crippen LogP contribution in [0.15, 0.2) is 4.52 Å². The summed E-state index contributed by atoms with van der Waals surface area (Å²) in [6.45, 7) is 11.3. The van der Waals surface area contributed by atoms with E-state index < -0.39 is 17.7 Å². The third-order valence-electron chi connectivity index (χ3n) is 3.47. The minimum absolute atomic E-state index is 0.388. The third-order valence-corrected chi connectivity index (χ3v) is 3.47. The number of anilines is 1. The molecular weight excluding hydrogens is 284 g/mol. The van der Waals surface area contributed by atoms with E-state index in [0.717, 1.165) is 19.5 Å². The summed E-state index contributed by atoms with van der Waals surface area (Å²) >= 11 is 0. The van der Waals surface area contributed by atoms with E-state index in [1.165, 1.54) is 6.42 Å². The minimum atomic E-state index is -0.534. The lowest BCUT2D eigenvalue weighted by molar-refractivity contribution is 0.0499. The highest BCUT2D eigenvalue weighted by Gasteiger charge is 2.24. The van der Waals surface area contributed by atoms with Crippen molar-refractivity contribution in [2.75, 3.05) is 18.0 Å². The number of carbonyl (C=O) groups is 1. The number of nitrogens with one attached hydrogen (secondary N) is 1. The van der Waals surface area contributed by atoms with Crippen LogP contribution in [0.5, 0.6) is 0 Å². The van der Waals surface area contributed by atoms with E-state index in [1.807, 2.05) is 20.8 Å². The molecule has 0 spiro atoms. The first kappa shape index (κ1) is 16.6. The smallest absolute Gasteiger partial charge is 0.408 e.